The van der Waals surface area contributed by atoms with Crippen LogP contribution in [-0.2, 0) is 16.1 Å². The summed E-state index contributed by atoms with van der Waals surface area (Å²) < 4.78 is 5.52. The van der Waals surface area contributed by atoms with Gasteiger partial charge >= 0.3 is 0 Å². The third-order valence-corrected chi connectivity index (χ3v) is 5.71. The first-order valence-electron chi connectivity index (χ1n) is 9.06. The van der Waals surface area contributed by atoms with Gasteiger partial charge < -0.3 is 24.8 Å². The van der Waals surface area contributed by atoms with Gasteiger partial charge in [-0.3, -0.25) is 9.79 Å². The van der Waals surface area contributed by atoms with Gasteiger partial charge in [0.1, 0.15) is 6.10 Å². The van der Waals surface area contributed by atoms with Gasteiger partial charge in [0.25, 0.3) is 5.91 Å². The van der Waals surface area contributed by atoms with E-state index in [9.17, 15) is 4.79 Å². The minimum absolute atomic E-state index is 0.142. The van der Waals surface area contributed by atoms with Gasteiger partial charge in [-0.1, -0.05) is 0 Å². The summed E-state index contributed by atoms with van der Waals surface area (Å²) in [6.07, 6.45) is 1.61. The van der Waals surface area contributed by atoms with Crippen molar-refractivity contribution in [3.63, 3.8) is 0 Å². The van der Waals surface area contributed by atoms with Crippen LogP contribution in [0.1, 0.15) is 18.5 Å². The van der Waals surface area contributed by atoms with E-state index in [4.69, 9.17) is 4.74 Å². The van der Waals surface area contributed by atoms with Crippen molar-refractivity contribution in [2.75, 3.05) is 58.8 Å². The molecule has 3 heterocycles. The molecule has 2 aliphatic rings. The molecule has 26 heavy (non-hydrogen) atoms. The molecule has 0 spiro atoms. The second-order valence-corrected chi connectivity index (χ2v) is 7.57. The molecule has 0 aromatic carbocycles. The lowest BCUT2D eigenvalue weighted by atomic mass is 10.2. The number of carbonyl (C=O) groups excluding carboxylic acids is 1. The second kappa shape index (κ2) is 8.68. The maximum absolute atomic E-state index is 12.4. The molecule has 2 saturated heterocycles. The fourth-order valence-corrected chi connectivity index (χ4v) is 3.96. The molecule has 0 saturated carbocycles. The molecule has 0 aliphatic carbocycles. The number of guanidine groups is 1. The van der Waals surface area contributed by atoms with Crippen LogP contribution in [0, 0.1) is 0 Å². The van der Waals surface area contributed by atoms with Crippen LogP contribution < -0.4 is 10.2 Å². The Morgan fingerprint density at radius 2 is 2.12 bits per heavy atom. The lowest BCUT2D eigenvalue weighted by Gasteiger charge is -2.37. The van der Waals surface area contributed by atoms with E-state index in [0.29, 0.717) is 26.2 Å². The van der Waals surface area contributed by atoms with Gasteiger partial charge in [0.15, 0.2) is 11.1 Å². The van der Waals surface area contributed by atoms with Gasteiger partial charge in [-0.15, -0.1) is 11.3 Å². The number of aliphatic imine (C=N–C) groups is 1. The fraction of sp³-hybridized carbons (Fsp3) is 0.706. The molecule has 1 amide bonds. The predicted octanol–water partition coefficient (Wildman–Crippen LogP) is 0.608. The number of aromatic nitrogens is 1. The van der Waals surface area contributed by atoms with Crippen molar-refractivity contribution in [1.82, 2.24) is 20.1 Å². The van der Waals surface area contributed by atoms with Gasteiger partial charge in [0, 0.05) is 59.3 Å². The molecule has 144 valence electrons. The molecule has 8 nitrogen and oxygen atoms in total. The number of hydrogen-bond acceptors (Lipinski definition) is 6. The standard InChI is InChI=1S/C17H28N6O2S/c1-18-16(19-11-13-12-26-17(20-13)21(2)3)23-8-6-22(7-9-23)15(24)14-5-4-10-25-14/h12,14H,4-11H2,1-3H3,(H,18,19). The first kappa shape index (κ1) is 18.9. The molecule has 1 unspecified atom stereocenters. The lowest BCUT2D eigenvalue weighted by molar-refractivity contribution is -0.142. The van der Waals surface area contributed by atoms with Gasteiger partial charge in [0.2, 0.25) is 0 Å². The van der Waals surface area contributed by atoms with E-state index in [1.165, 1.54) is 0 Å². The van der Waals surface area contributed by atoms with Crippen LogP contribution in [0.3, 0.4) is 0 Å². The van der Waals surface area contributed by atoms with Crippen molar-refractivity contribution in [2.24, 2.45) is 4.99 Å². The predicted molar refractivity (Wildman–Crippen MR) is 104 cm³/mol. The number of thiazole rings is 1. The van der Waals surface area contributed by atoms with Crippen molar-refractivity contribution in [2.45, 2.75) is 25.5 Å². The van der Waals surface area contributed by atoms with Crippen LogP contribution in [0.25, 0.3) is 0 Å². The highest BCUT2D eigenvalue weighted by Gasteiger charge is 2.30. The molecule has 0 radical (unpaired) electrons. The summed E-state index contributed by atoms with van der Waals surface area (Å²) in [5, 5.41) is 6.44. The number of nitrogens with zero attached hydrogens (tertiary/aromatic N) is 5. The average Bonchev–Trinajstić information content (AvgIpc) is 3.34. The Bertz CT molecular complexity index is 633. The lowest BCUT2D eigenvalue weighted by Crippen LogP contribution is -2.55. The summed E-state index contributed by atoms with van der Waals surface area (Å²) in [5.41, 5.74) is 1.01. The van der Waals surface area contributed by atoms with E-state index in [0.717, 1.165) is 42.7 Å². The Morgan fingerprint density at radius 3 is 2.69 bits per heavy atom. The summed E-state index contributed by atoms with van der Waals surface area (Å²) in [4.78, 5) is 27.5. The first-order chi connectivity index (χ1) is 12.6. The molecule has 9 heteroatoms. The highest BCUT2D eigenvalue weighted by Crippen LogP contribution is 2.18. The Balaban J connectivity index is 1.48. The molecular formula is C17H28N6O2S. The van der Waals surface area contributed by atoms with Crippen LogP contribution in [0.5, 0.6) is 0 Å². The summed E-state index contributed by atoms with van der Waals surface area (Å²) >= 11 is 1.63. The van der Waals surface area contributed by atoms with Gasteiger partial charge in [-0.05, 0) is 12.8 Å². The van der Waals surface area contributed by atoms with Crippen molar-refractivity contribution in [3.8, 4) is 0 Å². The minimum Gasteiger partial charge on any atom is -0.368 e. The van der Waals surface area contributed by atoms with Crippen LogP contribution in [-0.4, -0.2) is 86.7 Å². The molecule has 2 aliphatic heterocycles. The highest BCUT2D eigenvalue weighted by molar-refractivity contribution is 7.13. The zero-order chi connectivity index (χ0) is 18.5. The van der Waals surface area contributed by atoms with E-state index in [2.05, 4.69) is 25.6 Å². The Hall–Kier alpha value is -1.87. The number of rotatable bonds is 4. The third kappa shape index (κ3) is 4.45. The summed E-state index contributed by atoms with van der Waals surface area (Å²) in [6.45, 7) is 4.32. The molecule has 1 N–H and O–H groups in total. The summed E-state index contributed by atoms with van der Waals surface area (Å²) in [6, 6.07) is 0. The Morgan fingerprint density at radius 1 is 1.38 bits per heavy atom. The largest absolute Gasteiger partial charge is 0.368 e. The summed E-state index contributed by atoms with van der Waals surface area (Å²) in [5.74, 6) is 0.998. The van der Waals surface area contributed by atoms with Crippen LogP contribution >= 0.6 is 11.3 Å². The minimum atomic E-state index is -0.227. The maximum atomic E-state index is 12.4. The Labute approximate surface area is 158 Å². The van der Waals surface area contributed by atoms with E-state index >= 15 is 0 Å². The smallest absolute Gasteiger partial charge is 0.251 e. The van der Waals surface area contributed by atoms with Crippen molar-refractivity contribution < 1.29 is 9.53 Å². The number of anilines is 1. The first-order valence-corrected chi connectivity index (χ1v) is 9.94. The second-order valence-electron chi connectivity index (χ2n) is 6.73. The van der Waals surface area contributed by atoms with Crippen LogP contribution in [0.4, 0.5) is 5.13 Å². The van der Waals surface area contributed by atoms with E-state index in [1.54, 1.807) is 18.4 Å². The van der Waals surface area contributed by atoms with Crippen LogP contribution in [0.15, 0.2) is 10.4 Å². The molecular weight excluding hydrogens is 352 g/mol. The van der Waals surface area contributed by atoms with Gasteiger partial charge in [-0.25, -0.2) is 4.98 Å². The SMILES string of the molecule is CN=C(NCc1csc(N(C)C)n1)N1CCN(C(=O)C2CCCO2)CC1. The number of amides is 1. The number of hydrogen-bond donors (Lipinski definition) is 1. The quantitative estimate of drug-likeness (QED) is 0.609. The van der Waals surface area contributed by atoms with Gasteiger partial charge in [-0.2, -0.15) is 0 Å². The topological polar surface area (TPSA) is 73.3 Å². The third-order valence-electron chi connectivity index (χ3n) is 4.66. The molecule has 1 aromatic rings. The average molecular weight is 381 g/mol. The normalized spacial score (nSPS) is 21.2. The Kier molecular flexibility index (Phi) is 6.31. The molecule has 2 fully saturated rings. The van der Waals surface area contributed by atoms with Crippen molar-refractivity contribution >= 4 is 28.3 Å². The molecule has 1 atom stereocenters. The van der Waals surface area contributed by atoms with E-state index in [1.807, 2.05) is 23.9 Å². The number of ether oxygens (including phenoxy) is 1. The zero-order valence-electron chi connectivity index (χ0n) is 15.8. The molecule has 1 aromatic heterocycles. The maximum Gasteiger partial charge on any atom is 0.251 e. The highest BCUT2D eigenvalue weighted by atomic mass is 32.1. The zero-order valence-corrected chi connectivity index (χ0v) is 16.6. The van der Waals surface area contributed by atoms with Crippen LogP contribution in [0.2, 0.25) is 0 Å². The van der Waals surface area contributed by atoms with E-state index in [-0.39, 0.29) is 12.0 Å². The van der Waals surface area contributed by atoms with Crippen molar-refractivity contribution in [1.29, 1.82) is 0 Å². The monoisotopic (exact) mass is 380 g/mol. The number of nitrogens with one attached hydrogen (secondary N) is 1. The molecule has 3 rings (SSSR count). The number of carbonyl (C=O) groups is 1. The van der Waals surface area contributed by atoms with Gasteiger partial charge in [0.05, 0.1) is 12.2 Å². The number of piperazine rings is 1. The molecule has 0 bridgehead atoms. The van der Waals surface area contributed by atoms with Crippen molar-refractivity contribution in [3.05, 3.63) is 11.1 Å². The summed E-state index contributed by atoms with van der Waals surface area (Å²) in [7, 11) is 5.78. The fourth-order valence-electron chi connectivity index (χ4n) is 3.20. The van der Waals surface area contributed by atoms with E-state index < -0.39 is 0 Å².